The summed E-state index contributed by atoms with van der Waals surface area (Å²) in [6.45, 7) is 0. The van der Waals surface area contributed by atoms with Crippen molar-refractivity contribution < 1.29 is 0 Å². The maximum absolute atomic E-state index is 8.62. The van der Waals surface area contributed by atoms with E-state index in [4.69, 9.17) is 21.0 Å². The number of anilines is 2. The molecule has 4 aromatic rings. The van der Waals surface area contributed by atoms with E-state index in [0.29, 0.717) is 0 Å². The quantitative estimate of drug-likeness (QED) is 0.148. The summed E-state index contributed by atoms with van der Waals surface area (Å²) in [6.07, 6.45) is 17.7. The van der Waals surface area contributed by atoms with E-state index in [9.17, 15) is 0 Å². The van der Waals surface area contributed by atoms with E-state index in [1.807, 2.05) is 76.8 Å². The van der Waals surface area contributed by atoms with Crippen LogP contribution in [0.3, 0.4) is 0 Å². The summed E-state index contributed by atoms with van der Waals surface area (Å²) in [5, 5.41) is 39.3. The molecular formula is C40H34N6. The second-order valence-corrected chi connectivity index (χ2v) is 10.5. The van der Waals surface area contributed by atoms with Gasteiger partial charge in [0.15, 0.2) is 0 Å². The molecule has 46 heavy (non-hydrogen) atoms. The smallest absolute Gasteiger partial charge is 0.129 e. The Hall–Kier alpha value is -6.60. The monoisotopic (exact) mass is 598 g/mol. The second-order valence-electron chi connectivity index (χ2n) is 10.5. The summed E-state index contributed by atoms with van der Waals surface area (Å²) in [4.78, 5) is 4.17. The minimum atomic E-state index is 0.0945. The Bertz CT molecular complexity index is 1860. The van der Waals surface area contributed by atoms with Crippen LogP contribution in [0.25, 0.3) is 33.7 Å². The molecule has 0 saturated carbocycles. The Balaban J connectivity index is 0.000000250. The molecule has 0 radical (unpaired) electrons. The van der Waals surface area contributed by atoms with Crippen LogP contribution < -0.4 is 9.80 Å². The van der Waals surface area contributed by atoms with Gasteiger partial charge in [-0.1, -0.05) is 85.0 Å². The van der Waals surface area contributed by atoms with Crippen molar-refractivity contribution in [2.24, 2.45) is 0 Å². The molecule has 0 atom stereocenters. The average molecular weight is 599 g/mol. The Morgan fingerprint density at radius 2 is 0.804 bits per heavy atom. The van der Waals surface area contributed by atoms with Gasteiger partial charge in [-0.3, -0.25) is 0 Å². The Kier molecular flexibility index (Phi) is 12.9. The molecule has 0 unspecified atom stereocenters. The number of fused-ring (bicyclic) bond motifs is 2. The van der Waals surface area contributed by atoms with Crippen LogP contribution in [0.4, 0.5) is 11.4 Å². The highest BCUT2D eigenvalue weighted by Crippen LogP contribution is 2.23. The zero-order valence-electron chi connectivity index (χ0n) is 26.4. The van der Waals surface area contributed by atoms with Gasteiger partial charge in [0.05, 0.1) is 0 Å². The predicted octanol–water partition coefficient (Wildman–Crippen LogP) is 8.90. The summed E-state index contributed by atoms with van der Waals surface area (Å²) in [7, 11) is 8.12. The minimum Gasteiger partial charge on any atom is -0.378 e. The minimum absolute atomic E-state index is 0.0945. The summed E-state index contributed by atoms with van der Waals surface area (Å²) < 4.78 is 0. The molecule has 0 spiro atoms. The molecule has 0 N–H and O–H groups in total. The molecule has 0 amide bonds. The van der Waals surface area contributed by atoms with E-state index in [0.717, 1.165) is 11.1 Å². The zero-order valence-corrected chi connectivity index (χ0v) is 26.4. The SMILES string of the molecule is CN(C)c1ccc2cc(/C=C/C=C/C=C(C#N)C#N)ccc2c1.CN(C)c1ccc2cc(/C=C/C=C/C=C(C#N)C#N)ccc2c1. The standard InChI is InChI=1S/2C20H17N3/c2*1-23(2)20-11-10-18-12-16(8-9-19(18)13-20)6-4-3-5-7-17(14-21)15-22/h2*3-13H,1-2H3/b2*5-3+,6-4+. The molecule has 4 aromatic carbocycles. The first-order valence-corrected chi connectivity index (χ1v) is 14.4. The highest BCUT2D eigenvalue weighted by Gasteiger charge is 2.00. The predicted molar refractivity (Wildman–Crippen MR) is 192 cm³/mol. The Morgan fingerprint density at radius 1 is 0.457 bits per heavy atom. The van der Waals surface area contributed by atoms with Crippen LogP contribution in [0.5, 0.6) is 0 Å². The summed E-state index contributed by atoms with van der Waals surface area (Å²) >= 11 is 0. The summed E-state index contributed by atoms with van der Waals surface area (Å²) in [5.41, 5.74) is 4.76. The molecule has 0 aliphatic rings. The number of nitrogens with zero attached hydrogens (tertiary/aromatic N) is 6. The van der Waals surface area contributed by atoms with E-state index in [1.54, 1.807) is 24.3 Å². The number of hydrogen-bond acceptors (Lipinski definition) is 6. The fourth-order valence-corrected chi connectivity index (χ4v) is 4.23. The highest BCUT2D eigenvalue weighted by molar-refractivity contribution is 5.88. The molecule has 0 aromatic heterocycles. The van der Waals surface area contributed by atoms with Gasteiger partial charge in [-0.25, -0.2) is 0 Å². The van der Waals surface area contributed by atoms with Crippen LogP contribution in [-0.2, 0) is 0 Å². The van der Waals surface area contributed by atoms with Crippen LogP contribution in [0.1, 0.15) is 11.1 Å². The first-order chi connectivity index (χ1) is 22.3. The van der Waals surface area contributed by atoms with Gasteiger partial charge in [0, 0.05) is 39.6 Å². The molecule has 0 bridgehead atoms. The molecule has 0 saturated heterocycles. The maximum Gasteiger partial charge on any atom is 0.129 e. The lowest BCUT2D eigenvalue weighted by Gasteiger charge is -2.13. The van der Waals surface area contributed by atoms with E-state index in [2.05, 4.69) is 82.6 Å². The van der Waals surface area contributed by atoms with Crippen molar-refractivity contribution in [3.8, 4) is 24.3 Å². The van der Waals surface area contributed by atoms with Crippen molar-refractivity contribution in [2.45, 2.75) is 0 Å². The third kappa shape index (κ3) is 10.3. The van der Waals surface area contributed by atoms with Gasteiger partial charge in [-0.2, -0.15) is 21.0 Å². The van der Waals surface area contributed by atoms with Gasteiger partial charge in [0.25, 0.3) is 0 Å². The topological polar surface area (TPSA) is 102 Å². The van der Waals surface area contributed by atoms with Crippen molar-refractivity contribution in [2.75, 3.05) is 38.0 Å². The molecule has 6 nitrogen and oxygen atoms in total. The van der Waals surface area contributed by atoms with Crippen molar-refractivity contribution in [1.82, 2.24) is 0 Å². The summed E-state index contributed by atoms with van der Waals surface area (Å²) in [5.74, 6) is 0. The molecule has 0 aliphatic carbocycles. The number of allylic oxidation sites excluding steroid dienone is 10. The lowest BCUT2D eigenvalue weighted by atomic mass is 10.1. The fourth-order valence-electron chi connectivity index (χ4n) is 4.23. The highest BCUT2D eigenvalue weighted by atomic mass is 15.1. The first kappa shape index (κ1) is 33.9. The van der Waals surface area contributed by atoms with E-state index < -0.39 is 0 Å². The van der Waals surface area contributed by atoms with Crippen LogP contribution in [-0.4, -0.2) is 28.2 Å². The third-order valence-electron chi connectivity index (χ3n) is 6.76. The third-order valence-corrected chi connectivity index (χ3v) is 6.76. The molecule has 6 heteroatoms. The van der Waals surface area contributed by atoms with Crippen LogP contribution in [0.15, 0.2) is 133 Å². The van der Waals surface area contributed by atoms with E-state index in [1.165, 1.54) is 45.1 Å². The van der Waals surface area contributed by atoms with Gasteiger partial charge < -0.3 is 9.80 Å². The normalized spacial score (nSPS) is 10.6. The van der Waals surface area contributed by atoms with Crippen molar-refractivity contribution in [3.05, 3.63) is 144 Å². The molecule has 0 heterocycles. The van der Waals surface area contributed by atoms with Gasteiger partial charge in [0.2, 0.25) is 0 Å². The molecule has 0 fully saturated rings. The van der Waals surface area contributed by atoms with Gasteiger partial charge in [0.1, 0.15) is 35.4 Å². The number of rotatable bonds is 8. The van der Waals surface area contributed by atoms with Crippen molar-refractivity contribution in [3.63, 3.8) is 0 Å². The lowest BCUT2D eigenvalue weighted by molar-refractivity contribution is 1.13. The fraction of sp³-hybridized carbons (Fsp3) is 0.100. The van der Waals surface area contributed by atoms with Gasteiger partial charge in [-0.15, -0.1) is 0 Å². The summed E-state index contributed by atoms with van der Waals surface area (Å²) in [6, 6.07) is 32.6. The van der Waals surface area contributed by atoms with Crippen molar-refractivity contribution in [1.29, 1.82) is 21.0 Å². The lowest BCUT2D eigenvalue weighted by Crippen LogP contribution is -2.07. The van der Waals surface area contributed by atoms with Crippen LogP contribution in [0, 0.1) is 45.3 Å². The maximum atomic E-state index is 8.62. The van der Waals surface area contributed by atoms with E-state index in [-0.39, 0.29) is 11.1 Å². The molecular weight excluding hydrogens is 564 g/mol. The molecule has 0 aliphatic heterocycles. The van der Waals surface area contributed by atoms with E-state index >= 15 is 0 Å². The van der Waals surface area contributed by atoms with Gasteiger partial charge >= 0.3 is 0 Å². The Labute approximate surface area is 271 Å². The molecule has 4 rings (SSSR count). The average Bonchev–Trinajstić information content (AvgIpc) is 3.07. The van der Waals surface area contributed by atoms with Crippen molar-refractivity contribution >= 4 is 45.1 Å². The molecule has 224 valence electrons. The first-order valence-electron chi connectivity index (χ1n) is 14.4. The second kappa shape index (κ2) is 17.5. The number of benzene rings is 4. The van der Waals surface area contributed by atoms with Crippen LogP contribution in [0.2, 0.25) is 0 Å². The van der Waals surface area contributed by atoms with Crippen LogP contribution >= 0.6 is 0 Å². The zero-order chi connectivity index (χ0) is 33.3. The largest absolute Gasteiger partial charge is 0.378 e. The number of nitriles is 4. The van der Waals surface area contributed by atoms with Gasteiger partial charge in [-0.05, 0) is 81.2 Å². The Morgan fingerprint density at radius 3 is 1.15 bits per heavy atom. The number of hydrogen-bond donors (Lipinski definition) is 0.